The molecular formula is C27H22FN3O3. The van der Waals surface area contributed by atoms with E-state index >= 15 is 0 Å². The Balaban J connectivity index is 1.31. The molecule has 1 aromatic heterocycles. The Morgan fingerprint density at radius 1 is 0.941 bits per heavy atom. The zero-order valence-corrected chi connectivity index (χ0v) is 18.7. The first-order chi connectivity index (χ1) is 16.3. The number of aromatic nitrogens is 1. The summed E-state index contributed by atoms with van der Waals surface area (Å²) in [5.41, 5.74) is 5.01. The van der Waals surface area contributed by atoms with Gasteiger partial charge in [-0.05, 0) is 74.4 Å². The number of hydrogen-bond donors (Lipinski definition) is 2. The number of benzene rings is 3. The number of carbonyl (C=O) groups is 3. The van der Waals surface area contributed by atoms with Crippen molar-refractivity contribution < 1.29 is 18.8 Å². The van der Waals surface area contributed by atoms with Crippen molar-refractivity contribution in [1.82, 2.24) is 10.3 Å². The summed E-state index contributed by atoms with van der Waals surface area (Å²) in [4.78, 5) is 42.9. The quantitative estimate of drug-likeness (QED) is 0.428. The van der Waals surface area contributed by atoms with Crippen LogP contribution in [0.4, 0.5) is 10.1 Å². The molecule has 3 aromatic carbocycles. The average Bonchev–Trinajstić information content (AvgIpc) is 3.26. The van der Waals surface area contributed by atoms with Crippen molar-refractivity contribution in [2.45, 2.75) is 20.3 Å². The van der Waals surface area contributed by atoms with E-state index in [1.165, 1.54) is 24.3 Å². The number of aromatic amines is 1. The Morgan fingerprint density at radius 2 is 1.68 bits per heavy atom. The lowest BCUT2D eigenvalue weighted by molar-refractivity contribution is 0.0923. The van der Waals surface area contributed by atoms with Gasteiger partial charge in [0.05, 0.1) is 16.8 Å². The summed E-state index contributed by atoms with van der Waals surface area (Å²) in [6, 6.07) is 16.2. The van der Waals surface area contributed by atoms with Crippen LogP contribution in [-0.4, -0.2) is 29.3 Å². The van der Waals surface area contributed by atoms with Gasteiger partial charge < -0.3 is 10.3 Å². The predicted octanol–water partition coefficient (Wildman–Crippen LogP) is 4.70. The van der Waals surface area contributed by atoms with Crippen LogP contribution >= 0.6 is 0 Å². The molecule has 0 radical (unpaired) electrons. The zero-order chi connectivity index (χ0) is 24.0. The maximum Gasteiger partial charge on any atom is 0.266 e. The third kappa shape index (κ3) is 3.65. The summed E-state index contributed by atoms with van der Waals surface area (Å²) in [7, 11) is 0. The number of carbonyl (C=O) groups excluding carboxylic acids is 3. The van der Waals surface area contributed by atoms with Crippen LogP contribution < -0.4 is 10.2 Å². The van der Waals surface area contributed by atoms with E-state index in [1.54, 1.807) is 24.3 Å². The van der Waals surface area contributed by atoms with E-state index in [-0.39, 0.29) is 22.9 Å². The molecule has 2 heterocycles. The van der Waals surface area contributed by atoms with E-state index < -0.39 is 11.8 Å². The van der Waals surface area contributed by atoms with Crippen LogP contribution in [0.3, 0.4) is 0 Å². The van der Waals surface area contributed by atoms with Crippen LogP contribution in [0.2, 0.25) is 0 Å². The SMILES string of the molecule is Cc1ccc(N2C(=O)c3ccc(C(=O)NCCc4c(C)[nH]c5ccc(F)cc45)cc3C2=O)cc1. The molecule has 0 unspecified atom stereocenters. The van der Waals surface area contributed by atoms with Crippen LogP contribution in [0.1, 0.15) is 47.9 Å². The molecule has 5 rings (SSSR count). The molecule has 6 nitrogen and oxygen atoms in total. The number of anilines is 1. The number of rotatable bonds is 5. The molecule has 0 fully saturated rings. The molecule has 0 aliphatic carbocycles. The second-order valence-corrected chi connectivity index (χ2v) is 8.47. The molecule has 2 N–H and O–H groups in total. The number of amides is 3. The molecule has 1 aliphatic heterocycles. The molecular weight excluding hydrogens is 433 g/mol. The van der Waals surface area contributed by atoms with E-state index in [0.717, 1.165) is 32.6 Å². The summed E-state index contributed by atoms with van der Waals surface area (Å²) in [5, 5.41) is 3.65. The van der Waals surface area contributed by atoms with Crippen LogP contribution in [-0.2, 0) is 6.42 Å². The summed E-state index contributed by atoms with van der Waals surface area (Å²) in [5.74, 6) is -1.51. The molecule has 0 saturated heterocycles. The van der Waals surface area contributed by atoms with Gasteiger partial charge >= 0.3 is 0 Å². The van der Waals surface area contributed by atoms with Gasteiger partial charge in [0, 0.05) is 28.7 Å². The van der Waals surface area contributed by atoms with E-state index in [4.69, 9.17) is 0 Å². The fourth-order valence-corrected chi connectivity index (χ4v) is 4.39. The van der Waals surface area contributed by atoms with Crippen LogP contribution in [0, 0.1) is 19.7 Å². The van der Waals surface area contributed by atoms with Crippen LogP contribution in [0.5, 0.6) is 0 Å². The number of aryl methyl sites for hydroxylation is 2. The second kappa shape index (κ2) is 8.26. The highest BCUT2D eigenvalue weighted by atomic mass is 19.1. The Labute approximate surface area is 195 Å². The van der Waals surface area contributed by atoms with E-state index in [9.17, 15) is 18.8 Å². The van der Waals surface area contributed by atoms with Crippen molar-refractivity contribution in [3.05, 3.63) is 100.0 Å². The minimum atomic E-state index is -0.449. The summed E-state index contributed by atoms with van der Waals surface area (Å²) >= 11 is 0. The molecule has 0 spiro atoms. The fraction of sp³-hybridized carbons (Fsp3) is 0.148. The molecule has 3 amide bonds. The average molecular weight is 455 g/mol. The van der Waals surface area contributed by atoms with Gasteiger partial charge in [0.1, 0.15) is 5.82 Å². The van der Waals surface area contributed by atoms with Crippen LogP contribution in [0.25, 0.3) is 10.9 Å². The van der Waals surface area contributed by atoms with Gasteiger partial charge in [-0.2, -0.15) is 0 Å². The highest BCUT2D eigenvalue weighted by Crippen LogP contribution is 2.29. The highest BCUT2D eigenvalue weighted by molar-refractivity contribution is 6.34. The third-order valence-corrected chi connectivity index (χ3v) is 6.18. The zero-order valence-electron chi connectivity index (χ0n) is 18.7. The monoisotopic (exact) mass is 455 g/mol. The number of halogens is 1. The van der Waals surface area contributed by atoms with Crippen molar-refractivity contribution in [1.29, 1.82) is 0 Å². The maximum absolute atomic E-state index is 13.7. The number of nitrogens with one attached hydrogen (secondary N) is 2. The summed E-state index contributed by atoms with van der Waals surface area (Å²) < 4.78 is 13.7. The van der Waals surface area contributed by atoms with E-state index in [2.05, 4.69) is 10.3 Å². The minimum Gasteiger partial charge on any atom is -0.358 e. The first kappa shape index (κ1) is 21.6. The topological polar surface area (TPSA) is 82.3 Å². The molecule has 7 heteroatoms. The first-order valence-electron chi connectivity index (χ1n) is 11.0. The smallest absolute Gasteiger partial charge is 0.266 e. The molecule has 4 aromatic rings. The Bertz CT molecular complexity index is 1470. The Hall–Kier alpha value is -4.26. The summed E-state index contributed by atoms with van der Waals surface area (Å²) in [6.45, 7) is 4.18. The van der Waals surface area contributed by atoms with E-state index in [1.807, 2.05) is 26.0 Å². The third-order valence-electron chi connectivity index (χ3n) is 6.18. The highest BCUT2D eigenvalue weighted by Gasteiger charge is 2.37. The second-order valence-electron chi connectivity index (χ2n) is 8.47. The number of hydrogen-bond acceptors (Lipinski definition) is 3. The Kier molecular flexibility index (Phi) is 5.24. The van der Waals surface area contributed by atoms with E-state index in [0.29, 0.717) is 24.2 Å². The number of H-pyrrole nitrogens is 1. The van der Waals surface area contributed by atoms with Gasteiger partial charge in [-0.25, -0.2) is 9.29 Å². The normalized spacial score (nSPS) is 13.0. The summed E-state index contributed by atoms with van der Waals surface area (Å²) in [6.07, 6.45) is 0.518. The Morgan fingerprint density at radius 3 is 2.44 bits per heavy atom. The van der Waals surface area contributed by atoms with Gasteiger partial charge in [0.25, 0.3) is 17.7 Å². The lowest BCUT2D eigenvalue weighted by atomic mass is 10.0. The maximum atomic E-state index is 13.7. The van der Waals surface area contributed by atoms with Crippen LogP contribution in [0.15, 0.2) is 60.7 Å². The van der Waals surface area contributed by atoms with Crippen molar-refractivity contribution >= 4 is 34.3 Å². The van der Waals surface area contributed by atoms with Crippen molar-refractivity contribution in [3.63, 3.8) is 0 Å². The molecule has 170 valence electrons. The van der Waals surface area contributed by atoms with Gasteiger partial charge in [0.15, 0.2) is 0 Å². The van der Waals surface area contributed by atoms with Crippen molar-refractivity contribution in [2.24, 2.45) is 0 Å². The molecule has 0 saturated carbocycles. The van der Waals surface area contributed by atoms with Crippen molar-refractivity contribution in [3.8, 4) is 0 Å². The largest absolute Gasteiger partial charge is 0.358 e. The number of nitrogens with zero attached hydrogens (tertiary/aromatic N) is 1. The lowest BCUT2D eigenvalue weighted by Gasteiger charge is -2.13. The number of imide groups is 1. The van der Waals surface area contributed by atoms with Crippen molar-refractivity contribution in [2.75, 3.05) is 11.4 Å². The molecule has 0 atom stereocenters. The number of fused-ring (bicyclic) bond motifs is 2. The molecule has 0 bridgehead atoms. The first-order valence-corrected chi connectivity index (χ1v) is 11.0. The lowest BCUT2D eigenvalue weighted by Crippen LogP contribution is -2.29. The molecule has 34 heavy (non-hydrogen) atoms. The van der Waals surface area contributed by atoms with Gasteiger partial charge in [-0.1, -0.05) is 17.7 Å². The van der Waals surface area contributed by atoms with Gasteiger partial charge in [-0.3, -0.25) is 14.4 Å². The van der Waals surface area contributed by atoms with Gasteiger partial charge in [0.2, 0.25) is 0 Å². The fourth-order valence-electron chi connectivity index (χ4n) is 4.39. The van der Waals surface area contributed by atoms with Gasteiger partial charge in [-0.15, -0.1) is 0 Å². The minimum absolute atomic E-state index is 0.209. The standard InChI is InChI=1S/C27H22FN3O3/c1-15-3-7-19(8-4-15)31-26(33)21-9-5-17(13-23(21)27(31)34)25(32)29-12-11-20-16(2)30-24-10-6-18(28)14-22(20)24/h3-10,13-14,30H,11-12H2,1-2H3,(H,29,32). The molecule has 1 aliphatic rings. The predicted molar refractivity (Wildman–Crippen MR) is 128 cm³/mol.